The Morgan fingerprint density at radius 1 is 0.889 bits per heavy atom. The van der Waals surface area contributed by atoms with Crippen molar-refractivity contribution in [1.29, 1.82) is 0 Å². The summed E-state index contributed by atoms with van der Waals surface area (Å²) in [6.07, 6.45) is 0. The number of carbonyl (C=O) groups is 1. The number of amides is 1. The second-order valence-electron chi connectivity index (χ2n) is 3.82. The highest BCUT2D eigenvalue weighted by Crippen LogP contribution is 2.28. The number of hydrogen-bond acceptors (Lipinski definition) is 2. The van der Waals surface area contributed by atoms with E-state index in [4.69, 9.17) is 5.73 Å². The smallest absolute Gasteiger partial charge is 0.307 e. The molecule has 0 aromatic heterocycles. The summed E-state index contributed by atoms with van der Waals surface area (Å²) in [7, 11) is -1.77. The molecule has 0 unspecified atom stereocenters. The Hall–Kier alpha value is -1.94. The van der Waals surface area contributed by atoms with Crippen LogP contribution in [0.1, 0.15) is 16.4 Å². The third kappa shape index (κ3) is 2.65. The topological polar surface area (TPSA) is 60.2 Å². The Morgan fingerprint density at radius 3 is 1.61 bits per heavy atom. The fourth-order valence-corrected chi connectivity index (χ4v) is 2.85. The van der Waals surface area contributed by atoms with Crippen molar-refractivity contribution >= 4 is 16.0 Å². The quantitative estimate of drug-likeness (QED) is 0.921. The highest BCUT2D eigenvalue weighted by atomic mass is 32.2. The molecule has 0 spiro atoms. The van der Waals surface area contributed by atoms with Crippen LogP contribution in [0, 0.1) is 0 Å². The number of benzene rings is 2. The van der Waals surface area contributed by atoms with Gasteiger partial charge in [0.25, 0.3) is 0 Å². The molecule has 2 N–H and O–H groups in total. The van der Waals surface area contributed by atoms with E-state index in [1.165, 1.54) is 0 Å². The van der Waals surface area contributed by atoms with Gasteiger partial charge in [-0.25, -0.2) is 4.21 Å². The first-order valence-corrected chi connectivity index (χ1v) is 6.71. The molecule has 0 radical (unpaired) electrons. The number of carbonyl (C=O) groups excluding carboxylic acids is 1. The lowest BCUT2D eigenvalue weighted by atomic mass is 10.0. The Labute approximate surface area is 108 Å². The van der Waals surface area contributed by atoms with Gasteiger partial charge in [-0.1, -0.05) is 60.7 Å². The number of rotatable bonds is 3. The zero-order chi connectivity index (χ0) is 13.0. The summed E-state index contributed by atoms with van der Waals surface area (Å²) in [5.41, 5.74) is 6.81. The zero-order valence-electron chi connectivity index (χ0n) is 9.65. The van der Waals surface area contributed by atoms with Crippen LogP contribution in [0.15, 0.2) is 60.7 Å². The lowest BCUT2D eigenvalue weighted by Crippen LogP contribution is -2.22. The molecular formula is C14H13NO2S. The molecule has 0 heterocycles. The third-order valence-electron chi connectivity index (χ3n) is 2.62. The van der Waals surface area contributed by atoms with Crippen LogP contribution in [0.2, 0.25) is 0 Å². The van der Waals surface area contributed by atoms with Crippen molar-refractivity contribution in [2.45, 2.75) is 5.25 Å². The van der Waals surface area contributed by atoms with Crippen molar-refractivity contribution in [2.75, 3.05) is 0 Å². The molecule has 18 heavy (non-hydrogen) atoms. The van der Waals surface area contributed by atoms with Crippen LogP contribution in [-0.2, 0) is 10.8 Å². The standard InChI is InChI=1S/C14H13NO2S/c15-14(16)18(17)13(11-7-3-1-4-8-11)12-9-5-2-6-10-12/h1-10,13H,(H2,15,16)/t18-/m0/s1. The number of primary amides is 1. The zero-order valence-corrected chi connectivity index (χ0v) is 10.5. The molecule has 2 aromatic rings. The Kier molecular flexibility index (Phi) is 3.89. The van der Waals surface area contributed by atoms with Crippen molar-refractivity contribution < 1.29 is 9.00 Å². The lowest BCUT2D eigenvalue weighted by molar-refractivity contribution is 0.266. The monoisotopic (exact) mass is 259 g/mol. The second kappa shape index (κ2) is 5.60. The molecule has 2 rings (SSSR count). The van der Waals surface area contributed by atoms with Crippen LogP contribution in [0.25, 0.3) is 0 Å². The maximum atomic E-state index is 12.1. The van der Waals surface area contributed by atoms with Crippen LogP contribution >= 0.6 is 0 Å². The van der Waals surface area contributed by atoms with Gasteiger partial charge >= 0.3 is 5.24 Å². The molecular weight excluding hydrogens is 246 g/mol. The van der Waals surface area contributed by atoms with E-state index in [0.717, 1.165) is 11.1 Å². The van der Waals surface area contributed by atoms with Crippen LogP contribution in [0.4, 0.5) is 4.79 Å². The predicted molar refractivity (Wildman–Crippen MR) is 72.5 cm³/mol. The fraction of sp³-hybridized carbons (Fsp3) is 0.0714. The first kappa shape index (κ1) is 12.5. The minimum atomic E-state index is -1.77. The van der Waals surface area contributed by atoms with Crippen molar-refractivity contribution in [3.63, 3.8) is 0 Å². The fourth-order valence-electron chi connectivity index (χ4n) is 1.81. The SMILES string of the molecule is NC(=O)[S@@](=O)C(c1ccccc1)c1ccccc1. The molecule has 3 nitrogen and oxygen atoms in total. The van der Waals surface area contributed by atoms with E-state index in [0.29, 0.717) is 0 Å². The van der Waals surface area contributed by atoms with Gasteiger partial charge in [0, 0.05) is 0 Å². The molecule has 0 saturated carbocycles. The van der Waals surface area contributed by atoms with Crippen LogP contribution in [0.3, 0.4) is 0 Å². The third-order valence-corrected chi connectivity index (χ3v) is 3.99. The van der Waals surface area contributed by atoms with Crippen LogP contribution in [-0.4, -0.2) is 9.45 Å². The first-order valence-electron chi connectivity index (χ1n) is 5.50. The molecule has 0 saturated heterocycles. The molecule has 2 aromatic carbocycles. The largest absolute Gasteiger partial charge is 0.358 e. The average molecular weight is 259 g/mol. The van der Waals surface area contributed by atoms with Gasteiger partial charge in [-0.2, -0.15) is 0 Å². The molecule has 0 bridgehead atoms. The molecule has 0 aliphatic rings. The maximum absolute atomic E-state index is 12.1. The molecule has 0 fully saturated rings. The lowest BCUT2D eigenvalue weighted by Gasteiger charge is -2.15. The summed E-state index contributed by atoms with van der Waals surface area (Å²) in [5.74, 6) is 0. The highest BCUT2D eigenvalue weighted by molar-refractivity contribution is 8.00. The maximum Gasteiger partial charge on any atom is 0.307 e. The van der Waals surface area contributed by atoms with Crippen LogP contribution in [0.5, 0.6) is 0 Å². The summed E-state index contributed by atoms with van der Waals surface area (Å²) in [5, 5.41) is -1.31. The minimum Gasteiger partial charge on any atom is -0.358 e. The van der Waals surface area contributed by atoms with E-state index in [-0.39, 0.29) is 0 Å². The van der Waals surface area contributed by atoms with Gasteiger partial charge < -0.3 is 5.73 Å². The van der Waals surface area contributed by atoms with Gasteiger partial charge in [-0.15, -0.1) is 0 Å². The molecule has 0 aliphatic heterocycles. The van der Waals surface area contributed by atoms with E-state index < -0.39 is 21.3 Å². The highest BCUT2D eigenvalue weighted by Gasteiger charge is 2.24. The van der Waals surface area contributed by atoms with Crippen molar-refractivity contribution in [1.82, 2.24) is 0 Å². The Balaban J connectivity index is 2.48. The normalized spacial score (nSPS) is 12.3. The summed E-state index contributed by atoms with van der Waals surface area (Å²) in [4.78, 5) is 11.2. The molecule has 1 amide bonds. The van der Waals surface area contributed by atoms with Gasteiger partial charge in [-0.3, -0.25) is 4.79 Å². The predicted octanol–water partition coefficient (Wildman–Crippen LogP) is 2.60. The van der Waals surface area contributed by atoms with Gasteiger partial charge in [0.05, 0.1) is 5.25 Å². The van der Waals surface area contributed by atoms with E-state index in [9.17, 15) is 9.00 Å². The van der Waals surface area contributed by atoms with Gasteiger partial charge in [0.2, 0.25) is 0 Å². The van der Waals surface area contributed by atoms with Crippen molar-refractivity contribution in [2.24, 2.45) is 5.73 Å². The van der Waals surface area contributed by atoms with Gasteiger partial charge in [0.1, 0.15) is 10.8 Å². The van der Waals surface area contributed by atoms with Crippen molar-refractivity contribution in [3.8, 4) is 0 Å². The van der Waals surface area contributed by atoms with Crippen molar-refractivity contribution in [3.05, 3.63) is 71.8 Å². The average Bonchev–Trinajstić information content (AvgIpc) is 2.41. The van der Waals surface area contributed by atoms with Crippen LogP contribution < -0.4 is 5.73 Å². The molecule has 4 heteroatoms. The summed E-state index contributed by atoms with van der Waals surface area (Å²) >= 11 is 0. The van der Waals surface area contributed by atoms with E-state index in [1.54, 1.807) is 0 Å². The minimum absolute atomic E-state index is 0.509. The van der Waals surface area contributed by atoms with E-state index >= 15 is 0 Å². The first-order chi connectivity index (χ1) is 8.70. The summed E-state index contributed by atoms with van der Waals surface area (Å²) in [6, 6.07) is 18.5. The molecule has 0 aliphatic carbocycles. The summed E-state index contributed by atoms with van der Waals surface area (Å²) in [6.45, 7) is 0. The number of nitrogens with two attached hydrogens (primary N) is 1. The Morgan fingerprint density at radius 2 is 1.28 bits per heavy atom. The summed E-state index contributed by atoms with van der Waals surface area (Å²) < 4.78 is 12.1. The Bertz CT molecular complexity index is 515. The number of hydrogen-bond donors (Lipinski definition) is 1. The van der Waals surface area contributed by atoms with E-state index in [1.807, 2.05) is 60.7 Å². The van der Waals surface area contributed by atoms with Gasteiger partial charge in [-0.05, 0) is 11.1 Å². The van der Waals surface area contributed by atoms with Gasteiger partial charge in [0.15, 0.2) is 0 Å². The molecule has 1 atom stereocenters. The van der Waals surface area contributed by atoms with E-state index in [2.05, 4.69) is 0 Å². The second-order valence-corrected chi connectivity index (χ2v) is 5.29. The molecule has 92 valence electrons.